The van der Waals surface area contributed by atoms with Crippen LogP contribution in [0.25, 0.3) is 0 Å². The third-order valence-electron chi connectivity index (χ3n) is 3.76. The largest absolute Gasteiger partial charge is 0.465 e. The van der Waals surface area contributed by atoms with Gasteiger partial charge in [0.05, 0.1) is 7.11 Å². The third kappa shape index (κ3) is 3.28. The van der Waals surface area contributed by atoms with Gasteiger partial charge in [-0.25, -0.2) is 17.9 Å². The molecule has 2 rings (SSSR count). The minimum absolute atomic E-state index is 0.0112. The SMILES string of the molecule is COC(=O)c1scc(C)c1S(=O)(=O)NC1CCCC1CO. The zero-order valence-corrected chi connectivity index (χ0v) is 13.6. The van der Waals surface area contributed by atoms with Crippen LogP contribution in [0.2, 0.25) is 0 Å². The molecule has 1 fully saturated rings. The highest BCUT2D eigenvalue weighted by Gasteiger charge is 2.34. The first kappa shape index (κ1) is 16.4. The van der Waals surface area contributed by atoms with Crippen LogP contribution in [0.4, 0.5) is 0 Å². The molecule has 0 saturated heterocycles. The Bertz CT molecular complexity index is 623. The average Bonchev–Trinajstić information content (AvgIpc) is 3.03. The molecule has 0 spiro atoms. The summed E-state index contributed by atoms with van der Waals surface area (Å²) in [6.45, 7) is 1.61. The Kier molecular flexibility index (Phi) is 5.03. The van der Waals surface area contributed by atoms with Crippen LogP contribution in [-0.4, -0.2) is 39.3 Å². The number of carbonyl (C=O) groups excluding carboxylic acids is 1. The van der Waals surface area contributed by atoms with Crippen LogP contribution in [0.3, 0.4) is 0 Å². The summed E-state index contributed by atoms with van der Waals surface area (Å²) < 4.78 is 32.4. The van der Waals surface area contributed by atoms with Gasteiger partial charge in [-0.2, -0.15) is 0 Å². The van der Waals surface area contributed by atoms with Gasteiger partial charge in [0.15, 0.2) is 0 Å². The molecule has 118 valence electrons. The number of rotatable bonds is 5. The number of hydrogen-bond donors (Lipinski definition) is 2. The van der Waals surface area contributed by atoms with Crippen molar-refractivity contribution in [2.24, 2.45) is 5.92 Å². The number of hydrogen-bond acceptors (Lipinski definition) is 6. The lowest BCUT2D eigenvalue weighted by Crippen LogP contribution is -2.39. The van der Waals surface area contributed by atoms with Gasteiger partial charge in [0.2, 0.25) is 10.0 Å². The highest BCUT2D eigenvalue weighted by Crippen LogP contribution is 2.31. The number of aryl methyl sites for hydroxylation is 1. The fourth-order valence-corrected chi connectivity index (χ4v) is 5.71. The molecule has 1 saturated carbocycles. The molecule has 0 amide bonds. The molecule has 0 aromatic carbocycles. The molecule has 2 N–H and O–H groups in total. The predicted molar refractivity (Wildman–Crippen MR) is 78.9 cm³/mol. The van der Waals surface area contributed by atoms with Crippen molar-refractivity contribution in [2.45, 2.75) is 37.1 Å². The van der Waals surface area contributed by atoms with E-state index in [2.05, 4.69) is 9.46 Å². The molecule has 1 aromatic heterocycles. The lowest BCUT2D eigenvalue weighted by atomic mass is 10.1. The van der Waals surface area contributed by atoms with Gasteiger partial charge in [-0.15, -0.1) is 11.3 Å². The van der Waals surface area contributed by atoms with E-state index in [1.807, 2.05) is 0 Å². The van der Waals surface area contributed by atoms with Gasteiger partial charge in [-0.05, 0) is 36.6 Å². The smallest absolute Gasteiger partial charge is 0.349 e. The van der Waals surface area contributed by atoms with Gasteiger partial charge >= 0.3 is 5.97 Å². The Labute approximate surface area is 128 Å². The van der Waals surface area contributed by atoms with Gasteiger partial charge in [0, 0.05) is 12.6 Å². The van der Waals surface area contributed by atoms with Crippen LogP contribution in [0.5, 0.6) is 0 Å². The van der Waals surface area contributed by atoms with Gasteiger partial charge in [-0.3, -0.25) is 0 Å². The van der Waals surface area contributed by atoms with Crippen molar-refractivity contribution in [2.75, 3.05) is 13.7 Å². The minimum atomic E-state index is -3.81. The van der Waals surface area contributed by atoms with Crippen LogP contribution in [-0.2, 0) is 14.8 Å². The summed E-state index contributed by atoms with van der Waals surface area (Å²) in [4.78, 5) is 11.8. The lowest BCUT2D eigenvalue weighted by molar-refractivity contribution is 0.0602. The normalized spacial score (nSPS) is 22.4. The zero-order valence-electron chi connectivity index (χ0n) is 12.0. The molecule has 8 heteroatoms. The van der Waals surface area contributed by atoms with Crippen LogP contribution in [0.1, 0.15) is 34.5 Å². The Morgan fingerprint density at radius 1 is 1.52 bits per heavy atom. The van der Waals surface area contributed by atoms with Crippen molar-refractivity contribution in [3.05, 3.63) is 15.8 Å². The maximum atomic E-state index is 12.6. The van der Waals surface area contributed by atoms with Crippen LogP contribution in [0.15, 0.2) is 10.3 Å². The van der Waals surface area contributed by atoms with Crippen molar-refractivity contribution >= 4 is 27.3 Å². The van der Waals surface area contributed by atoms with Gasteiger partial charge in [0.25, 0.3) is 0 Å². The zero-order chi connectivity index (χ0) is 15.6. The number of carbonyl (C=O) groups is 1. The van der Waals surface area contributed by atoms with Crippen molar-refractivity contribution in [1.82, 2.24) is 4.72 Å². The Hall–Kier alpha value is -0.960. The second-order valence-corrected chi connectivity index (χ2v) is 7.70. The van der Waals surface area contributed by atoms with E-state index in [0.717, 1.165) is 24.2 Å². The minimum Gasteiger partial charge on any atom is -0.465 e. The van der Waals surface area contributed by atoms with Gasteiger partial charge < -0.3 is 9.84 Å². The summed E-state index contributed by atoms with van der Waals surface area (Å²) in [6, 6.07) is -0.287. The molecule has 6 nitrogen and oxygen atoms in total. The number of nitrogens with one attached hydrogen (secondary N) is 1. The number of methoxy groups -OCH3 is 1. The third-order valence-corrected chi connectivity index (χ3v) is 6.64. The summed E-state index contributed by atoms with van der Waals surface area (Å²) in [5.41, 5.74) is 0.520. The molecule has 0 aliphatic heterocycles. The fraction of sp³-hybridized carbons (Fsp3) is 0.615. The van der Waals surface area contributed by atoms with Crippen LogP contribution >= 0.6 is 11.3 Å². The molecule has 21 heavy (non-hydrogen) atoms. The van der Waals surface area contributed by atoms with E-state index in [0.29, 0.717) is 12.0 Å². The van der Waals surface area contributed by atoms with E-state index in [9.17, 15) is 18.3 Å². The van der Waals surface area contributed by atoms with E-state index in [1.54, 1.807) is 12.3 Å². The Morgan fingerprint density at radius 2 is 2.24 bits per heavy atom. The quantitative estimate of drug-likeness (QED) is 0.792. The molecule has 2 atom stereocenters. The number of ether oxygens (including phenoxy) is 1. The highest BCUT2D eigenvalue weighted by atomic mass is 32.2. The van der Waals surface area contributed by atoms with E-state index in [4.69, 9.17) is 0 Å². The van der Waals surface area contributed by atoms with E-state index < -0.39 is 16.0 Å². The maximum Gasteiger partial charge on any atom is 0.349 e. The summed E-state index contributed by atoms with van der Waals surface area (Å²) in [6.07, 6.45) is 2.38. The molecule has 1 aromatic rings. The molecular weight excluding hydrogens is 314 g/mol. The van der Waals surface area contributed by atoms with Crippen molar-refractivity contribution in [1.29, 1.82) is 0 Å². The molecule has 0 bridgehead atoms. The summed E-state index contributed by atoms with van der Waals surface area (Å²) in [5, 5.41) is 10.9. The van der Waals surface area contributed by atoms with Crippen molar-refractivity contribution < 1.29 is 23.1 Å². The first-order chi connectivity index (χ1) is 9.90. The Balaban J connectivity index is 2.32. The molecule has 1 heterocycles. The fourth-order valence-electron chi connectivity index (χ4n) is 2.67. The van der Waals surface area contributed by atoms with E-state index in [-0.39, 0.29) is 28.3 Å². The van der Waals surface area contributed by atoms with Gasteiger partial charge in [0.1, 0.15) is 9.77 Å². The number of esters is 1. The highest BCUT2D eigenvalue weighted by molar-refractivity contribution is 7.89. The van der Waals surface area contributed by atoms with E-state index >= 15 is 0 Å². The summed E-state index contributed by atoms with van der Waals surface area (Å²) >= 11 is 1.06. The van der Waals surface area contributed by atoms with Crippen molar-refractivity contribution in [3.63, 3.8) is 0 Å². The predicted octanol–water partition coefficient (Wildman–Crippen LogP) is 1.28. The van der Waals surface area contributed by atoms with Gasteiger partial charge in [-0.1, -0.05) is 6.42 Å². The lowest BCUT2D eigenvalue weighted by Gasteiger charge is -2.19. The Morgan fingerprint density at radius 3 is 2.86 bits per heavy atom. The molecule has 1 aliphatic carbocycles. The average molecular weight is 333 g/mol. The second kappa shape index (κ2) is 6.43. The standard InChI is InChI=1S/C13H19NO5S2/c1-8-7-20-11(13(16)19-2)12(8)21(17,18)14-10-5-3-4-9(10)6-15/h7,9-10,14-15H,3-6H2,1-2H3. The van der Waals surface area contributed by atoms with Crippen molar-refractivity contribution in [3.8, 4) is 0 Å². The van der Waals surface area contributed by atoms with Crippen LogP contribution in [0, 0.1) is 12.8 Å². The first-order valence-corrected chi connectivity index (χ1v) is 9.06. The summed E-state index contributed by atoms with van der Waals surface area (Å²) in [5.74, 6) is -0.723. The monoisotopic (exact) mass is 333 g/mol. The summed E-state index contributed by atoms with van der Waals surface area (Å²) in [7, 11) is -2.59. The topological polar surface area (TPSA) is 92.7 Å². The first-order valence-electron chi connectivity index (χ1n) is 6.70. The maximum absolute atomic E-state index is 12.6. The second-order valence-electron chi connectivity index (χ2n) is 5.17. The molecule has 0 radical (unpaired) electrons. The number of thiophene rings is 1. The number of aliphatic hydroxyl groups is 1. The number of sulfonamides is 1. The van der Waals surface area contributed by atoms with E-state index in [1.165, 1.54) is 7.11 Å². The molecular formula is C13H19NO5S2. The van der Waals surface area contributed by atoms with Crippen LogP contribution < -0.4 is 4.72 Å². The molecule has 1 aliphatic rings. The number of aliphatic hydroxyl groups excluding tert-OH is 1. The molecule has 2 unspecified atom stereocenters.